The fourth-order valence-corrected chi connectivity index (χ4v) is 4.05. The second kappa shape index (κ2) is 10.9. The normalized spacial score (nSPS) is 19.7. The Balaban J connectivity index is 1.47. The predicted octanol–water partition coefficient (Wildman–Crippen LogP) is -0.821. The summed E-state index contributed by atoms with van der Waals surface area (Å²) < 4.78 is 4.89. The Bertz CT molecular complexity index is 833. The third-order valence-corrected chi connectivity index (χ3v) is 5.88. The van der Waals surface area contributed by atoms with Crippen molar-refractivity contribution in [3.05, 3.63) is 71.3 Å². The van der Waals surface area contributed by atoms with Gasteiger partial charge in [-0.1, -0.05) is 54.6 Å². The lowest BCUT2D eigenvalue weighted by atomic mass is 10.1. The number of ether oxygens (including phenoxy) is 1. The first-order valence-electron chi connectivity index (χ1n) is 10.7. The van der Waals surface area contributed by atoms with Gasteiger partial charge in [0.25, 0.3) is 5.91 Å². The zero-order valence-corrected chi connectivity index (χ0v) is 17.9. The lowest BCUT2D eigenvalue weighted by Crippen LogP contribution is -3.28. The summed E-state index contributed by atoms with van der Waals surface area (Å²) in [6, 6.07) is 17.6. The summed E-state index contributed by atoms with van der Waals surface area (Å²) >= 11 is 0. The van der Waals surface area contributed by atoms with Crippen molar-refractivity contribution in [1.29, 1.82) is 0 Å². The Morgan fingerprint density at radius 3 is 2.27 bits per heavy atom. The van der Waals surface area contributed by atoms with E-state index in [1.807, 2.05) is 30.3 Å². The molecule has 0 bridgehead atoms. The average molecular weight is 412 g/mol. The molecule has 2 aromatic carbocycles. The van der Waals surface area contributed by atoms with E-state index in [1.165, 1.54) is 23.1 Å². The van der Waals surface area contributed by atoms with Gasteiger partial charge in [-0.25, -0.2) is 4.79 Å². The maximum Gasteiger partial charge on any atom is 0.328 e. The van der Waals surface area contributed by atoms with Crippen molar-refractivity contribution in [2.45, 2.75) is 25.9 Å². The Hall–Kier alpha value is -2.70. The molecule has 6 nitrogen and oxygen atoms in total. The minimum absolute atomic E-state index is 0.0984. The maximum atomic E-state index is 12.6. The molecule has 1 aliphatic heterocycles. The van der Waals surface area contributed by atoms with Gasteiger partial charge in [0.05, 0.1) is 7.11 Å². The van der Waals surface area contributed by atoms with Crippen LogP contribution < -0.4 is 15.1 Å². The molecular weight excluding hydrogens is 378 g/mol. The number of amides is 1. The van der Waals surface area contributed by atoms with Crippen LogP contribution in [0.1, 0.15) is 16.7 Å². The first-order valence-corrected chi connectivity index (χ1v) is 10.7. The molecule has 1 saturated heterocycles. The lowest BCUT2D eigenvalue weighted by molar-refractivity contribution is -1.02. The quantitative estimate of drug-likeness (QED) is 0.498. The van der Waals surface area contributed by atoms with Gasteiger partial charge in [0, 0.05) is 12.0 Å². The number of aryl methyl sites for hydroxylation is 1. The molecule has 2 aromatic rings. The Labute approximate surface area is 178 Å². The second-order valence-electron chi connectivity index (χ2n) is 8.11. The van der Waals surface area contributed by atoms with Gasteiger partial charge in [-0.05, 0) is 18.1 Å². The molecule has 0 unspecified atom stereocenters. The Morgan fingerprint density at radius 2 is 1.60 bits per heavy atom. The van der Waals surface area contributed by atoms with Crippen LogP contribution in [0.5, 0.6) is 0 Å². The van der Waals surface area contributed by atoms with Crippen LogP contribution in [0.25, 0.3) is 0 Å². The Morgan fingerprint density at radius 1 is 0.967 bits per heavy atom. The van der Waals surface area contributed by atoms with Crippen molar-refractivity contribution in [3.63, 3.8) is 0 Å². The van der Waals surface area contributed by atoms with Gasteiger partial charge in [-0.3, -0.25) is 4.79 Å². The molecule has 0 aromatic heterocycles. The number of rotatable bonds is 8. The van der Waals surface area contributed by atoms with E-state index in [9.17, 15) is 9.59 Å². The molecule has 6 heteroatoms. The molecule has 0 saturated carbocycles. The number of carbonyl (C=O) groups excluding carboxylic acids is 2. The zero-order chi connectivity index (χ0) is 21.3. The van der Waals surface area contributed by atoms with E-state index in [4.69, 9.17) is 4.74 Å². The molecule has 30 heavy (non-hydrogen) atoms. The van der Waals surface area contributed by atoms with E-state index < -0.39 is 12.0 Å². The molecule has 1 atom stereocenters. The van der Waals surface area contributed by atoms with E-state index >= 15 is 0 Å². The highest BCUT2D eigenvalue weighted by atomic mass is 16.5. The number of nitrogens with one attached hydrogen (secondary N) is 3. The number of benzene rings is 2. The molecule has 160 valence electrons. The summed E-state index contributed by atoms with van der Waals surface area (Å²) in [5.41, 5.74) is 3.73. The van der Waals surface area contributed by atoms with Crippen LogP contribution >= 0.6 is 0 Å². The van der Waals surface area contributed by atoms with Crippen LogP contribution in [0.4, 0.5) is 0 Å². The van der Waals surface area contributed by atoms with Gasteiger partial charge in [-0.2, -0.15) is 0 Å². The minimum atomic E-state index is -0.655. The molecule has 3 N–H and O–H groups in total. The number of esters is 1. The van der Waals surface area contributed by atoms with Crippen LogP contribution in [-0.2, 0) is 27.3 Å². The topological polar surface area (TPSA) is 64.3 Å². The summed E-state index contributed by atoms with van der Waals surface area (Å²) in [7, 11) is 1.36. The molecule has 0 radical (unpaired) electrons. The summed E-state index contributed by atoms with van der Waals surface area (Å²) in [5.74, 6) is -0.506. The molecule has 1 fully saturated rings. The minimum Gasteiger partial charge on any atom is -0.467 e. The smallest absolute Gasteiger partial charge is 0.328 e. The number of methoxy groups -OCH3 is 1. The van der Waals surface area contributed by atoms with Crippen molar-refractivity contribution in [2.75, 3.05) is 39.8 Å². The zero-order valence-electron chi connectivity index (χ0n) is 17.9. The molecule has 3 rings (SSSR count). The molecule has 1 aliphatic rings. The third kappa shape index (κ3) is 6.40. The number of hydrogen-bond donors (Lipinski definition) is 3. The fourth-order valence-electron chi connectivity index (χ4n) is 4.05. The van der Waals surface area contributed by atoms with Gasteiger partial charge in [0.15, 0.2) is 6.54 Å². The van der Waals surface area contributed by atoms with Gasteiger partial charge < -0.3 is 19.9 Å². The largest absolute Gasteiger partial charge is 0.467 e. The van der Waals surface area contributed by atoms with Crippen LogP contribution in [0.2, 0.25) is 0 Å². The van der Waals surface area contributed by atoms with Crippen molar-refractivity contribution >= 4 is 11.9 Å². The summed E-state index contributed by atoms with van der Waals surface area (Å²) in [4.78, 5) is 27.6. The lowest BCUT2D eigenvalue weighted by Gasteiger charge is -2.30. The molecular formula is C24H33N3O3+2. The van der Waals surface area contributed by atoms with E-state index in [0.717, 1.165) is 38.3 Å². The van der Waals surface area contributed by atoms with Crippen molar-refractivity contribution in [3.8, 4) is 0 Å². The summed E-state index contributed by atoms with van der Waals surface area (Å²) in [6.45, 7) is 7.58. The van der Waals surface area contributed by atoms with Crippen LogP contribution in [0.15, 0.2) is 54.6 Å². The first-order chi connectivity index (χ1) is 14.5. The number of quaternary nitrogens is 2. The molecule has 1 amide bonds. The third-order valence-electron chi connectivity index (χ3n) is 5.88. The monoisotopic (exact) mass is 411 g/mol. The first kappa shape index (κ1) is 22.0. The van der Waals surface area contributed by atoms with Gasteiger partial charge in [0.2, 0.25) is 0 Å². The fraction of sp³-hybridized carbons (Fsp3) is 0.417. The number of carbonyl (C=O) groups is 2. The highest BCUT2D eigenvalue weighted by Crippen LogP contribution is 2.05. The standard InChI is InChI=1S/C24H31N3O3/c1-19-8-6-7-11-21(19)17-26-12-14-27(15-13-26)18-23(28)25-22(24(29)30-2)16-20-9-4-3-5-10-20/h3-11,22H,12-18H2,1-2H3,(H,25,28)/p+2/t22-/m1/s1. The van der Waals surface area contributed by atoms with Crippen LogP contribution in [0.3, 0.4) is 0 Å². The van der Waals surface area contributed by atoms with E-state index in [2.05, 4.69) is 36.5 Å². The number of piperazine rings is 1. The van der Waals surface area contributed by atoms with Gasteiger partial charge >= 0.3 is 5.97 Å². The Kier molecular flexibility index (Phi) is 7.99. The van der Waals surface area contributed by atoms with Crippen molar-refractivity contribution in [2.24, 2.45) is 0 Å². The summed E-state index contributed by atoms with van der Waals surface area (Å²) in [5, 5.41) is 2.88. The SMILES string of the molecule is COC(=O)[C@@H](Cc1ccccc1)NC(=O)C[NH+]1CC[NH+](Cc2ccccc2C)CC1. The highest BCUT2D eigenvalue weighted by molar-refractivity contribution is 5.85. The van der Waals surface area contributed by atoms with Crippen LogP contribution in [0, 0.1) is 6.92 Å². The van der Waals surface area contributed by atoms with E-state index in [-0.39, 0.29) is 5.91 Å². The second-order valence-corrected chi connectivity index (χ2v) is 8.11. The van der Waals surface area contributed by atoms with Crippen LogP contribution in [-0.4, -0.2) is 57.8 Å². The molecule has 1 heterocycles. The average Bonchev–Trinajstić information content (AvgIpc) is 2.76. The van der Waals surface area contributed by atoms with Crippen molar-refractivity contribution in [1.82, 2.24) is 5.32 Å². The van der Waals surface area contributed by atoms with E-state index in [0.29, 0.717) is 13.0 Å². The van der Waals surface area contributed by atoms with Crippen molar-refractivity contribution < 1.29 is 24.1 Å². The van der Waals surface area contributed by atoms with Gasteiger partial charge in [0.1, 0.15) is 38.8 Å². The molecule has 0 aliphatic carbocycles. The predicted molar refractivity (Wildman–Crippen MR) is 115 cm³/mol. The highest BCUT2D eigenvalue weighted by Gasteiger charge is 2.28. The molecule has 0 spiro atoms. The van der Waals surface area contributed by atoms with E-state index in [1.54, 1.807) is 4.90 Å². The summed E-state index contributed by atoms with van der Waals surface area (Å²) in [6.07, 6.45) is 0.433. The maximum absolute atomic E-state index is 12.6. The number of hydrogen-bond acceptors (Lipinski definition) is 3. The van der Waals surface area contributed by atoms with Gasteiger partial charge in [-0.15, -0.1) is 0 Å².